The van der Waals surface area contributed by atoms with E-state index in [0.29, 0.717) is 17.7 Å². The van der Waals surface area contributed by atoms with Crippen LogP contribution in [0.1, 0.15) is 0 Å². The standard InChI is InChI=1S/C58H39N7Si/c1-6-20-40(21-7-1)56-60-57(63-39-59-50-38-45(34-37-53(50)63)66(42-24-10-3-11-25-42,43-26-12-4-13-27-43)44-28-14-5-15-29-44)62-58(61-56)65-52-33-19-17-31-47(52)49-36-35-48-46-30-16-18-32-51(46)64(54(48)55(49)65)41-22-8-2-9-23-41/h1-39H. The van der Waals surface area contributed by atoms with Gasteiger partial charge in [0.15, 0.2) is 13.9 Å². The monoisotopic (exact) mass is 861 g/mol. The summed E-state index contributed by atoms with van der Waals surface area (Å²) in [5, 5.41) is 9.73. The van der Waals surface area contributed by atoms with E-state index < -0.39 is 8.07 Å². The zero-order valence-electron chi connectivity index (χ0n) is 35.6. The molecule has 9 aromatic carbocycles. The third-order valence-corrected chi connectivity index (χ3v) is 17.9. The lowest BCUT2D eigenvalue weighted by atomic mass is 10.1. The van der Waals surface area contributed by atoms with Crippen LogP contribution in [0.25, 0.3) is 83.6 Å². The van der Waals surface area contributed by atoms with E-state index in [0.717, 1.165) is 60.5 Å². The molecule has 66 heavy (non-hydrogen) atoms. The first-order valence-electron chi connectivity index (χ1n) is 22.2. The van der Waals surface area contributed by atoms with Crippen LogP contribution in [0.3, 0.4) is 0 Å². The number of hydrogen-bond acceptors (Lipinski definition) is 4. The lowest BCUT2D eigenvalue weighted by molar-refractivity contribution is 0.876. The van der Waals surface area contributed by atoms with Crippen molar-refractivity contribution in [1.82, 2.24) is 33.6 Å². The molecule has 0 saturated heterocycles. The van der Waals surface area contributed by atoms with Crippen LogP contribution in [0.4, 0.5) is 0 Å². The van der Waals surface area contributed by atoms with Gasteiger partial charge in [0, 0.05) is 32.8 Å². The molecule has 0 atom stereocenters. The highest BCUT2D eigenvalue weighted by molar-refractivity contribution is 7.20. The third kappa shape index (κ3) is 5.75. The van der Waals surface area contributed by atoms with E-state index in [1.165, 1.54) is 26.1 Å². The van der Waals surface area contributed by atoms with E-state index in [1.807, 2.05) is 29.1 Å². The number of nitrogens with zero attached hydrogens (tertiary/aromatic N) is 7. The normalized spacial score (nSPS) is 11.9. The second-order valence-electron chi connectivity index (χ2n) is 16.7. The fourth-order valence-corrected chi connectivity index (χ4v) is 15.1. The first-order valence-corrected chi connectivity index (χ1v) is 24.2. The minimum Gasteiger partial charge on any atom is -0.307 e. The van der Waals surface area contributed by atoms with Gasteiger partial charge in [0.1, 0.15) is 6.33 Å². The molecular weight excluding hydrogens is 823 g/mol. The maximum atomic E-state index is 5.43. The van der Waals surface area contributed by atoms with E-state index >= 15 is 0 Å². The Labute approximate surface area is 381 Å². The highest BCUT2D eigenvalue weighted by Crippen LogP contribution is 2.41. The summed E-state index contributed by atoms with van der Waals surface area (Å²) in [6.07, 6.45) is 1.86. The molecule has 13 aromatic rings. The van der Waals surface area contributed by atoms with Crippen molar-refractivity contribution < 1.29 is 0 Å². The van der Waals surface area contributed by atoms with Gasteiger partial charge in [0.05, 0.1) is 33.1 Å². The molecule has 0 fully saturated rings. The Balaban J connectivity index is 1.08. The first kappa shape index (κ1) is 37.8. The Bertz CT molecular complexity index is 3820. The molecule has 0 radical (unpaired) electrons. The summed E-state index contributed by atoms with van der Waals surface area (Å²) >= 11 is 0. The number of fused-ring (bicyclic) bond motifs is 8. The van der Waals surface area contributed by atoms with Crippen LogP contribution in [0.15, 0.2) is 237 Å². The van der Waals surface area contributed by atoms with E-state index in [4.69, 9.17) is 19.9 Å². The maximum absolute atomic E-state index is 5.43. The average Bonchev–Trinajstić information content (AvgIpc) is 4.08. The molecule has 0 unspecified atom stereocenters. The number of aromatic nitrogens is 7. The van der Waals surface area contributed by atoms with Crippen molar-refractivity contribution in [1.29, 1.82) is 0 Å². The van der Waals surface area contributed by atoms with Gasteiger partial charge < -0.3 is 4.57 Å². The summed E-state index contributed by atoms with van der Waals surface area (Å²) in [6.45, 7) is 0. The fourth-order valence-electron chi connectivity index (χ4n) is 10.3. The quantitative estimate of drug-likeness (QED) is 0.113. The summed E-state index contributed by atoms with van der Waals surface area (Å²) in [5.74, 6) is 1.57. The van der Waals surface area contributed by atoms with Gasteiger partial charge in [0.25, 0.3) is 0 Å². The Morgan fingerprint density at radius 1 is 0.348 bits per heavy atom. The van der Waals surface area contributed by atoms with Crippen molar-refractivity contribution in [2.24, 2.45) is 0 Å². The minimum atomic E-state index is -2.80. The molecule has 7 nitrogen and oxygen atoms in total. The zero-order chi connectivity index (χ0) is 43.6. The Kier molecular flexibility index (Phi) is 8.72. The van der Waals surface area contributed by atoms with Gasteiger partial charge in [-0.15, -0.1) is 0 Å². The Hall–Kier alpha value is -8.72. The summed E-state index contributed by atoms with van der Waals surface area (Å²) in [7, 11) is -2.80. The second-order valence-corrected chi connectivity index (χ2v) is 20.5. The van der Waals surface area contributed by atoms with E-state index in [2.05, 4.69) is 221 Å². The summed E-state index contributed by atoms with van der Waals surface area (Å²) < 4.78 is 6.63. The summed E-state index contributed by atoms with van der Waals surface area (Å²) in [6, 6.07) is 82.2. The fraction of sp³-hybridized carbons (Fsp3) is 0. The van der Waals surface area contributed by atoms with Crippen LogP contribution in [0, 0.1) is 0 Å². The lowest BCUT2D eigenvalue weighted by Crippen LogP contribution is -2.74. The highest BCUT2D eigenvalue weighted by Gasteiger charge is 2.41. The van der Waals surface area contributed by atoms with E-state index in [1.54, 1.807) is 0 Å². The van der Waals surface area contributed by atoms with Gasteiger partial charge in [-0.3, -0.25) is 9.13 Å². The molecule has 310 valence electrons. The molecule has 13 rings (SSSR count). The van der Waals surface area contributed by atoms with Crippen LogP contribution < -0.4 is 20.7 Å². The highest BCUT2D eigenvalue weighted by atomic mass is 28.3. The van der Waals surface area contributed by atoms with Crippen molar-refractivity contribution in [3.05, 3.63) is 237 Å². The van der Waals surface area contributed by atoms with E-state index in [-0.39, 0.29) is 0 Å². The Morgan fingerprint density at radius 3 is 1.42 bits per heavy atom. The number of imidazole rings is 1. The van der Waals surface area contributed by atoms with Crippen molar-refractivity contribution in [2.75, 3.05) is 0 Å². The maximum Gasteiger partial charge on any atom is 0.240 e. The van der Waals surface area contributed by atoms with Crippen molar-refractivity contribution in [3.63, 3.8) is 0 Å². The SMILES string of the molecule is c1ccc(-c2nc(-n3cnc4cc([Si](c5ccccc5)(c5ccccc5)c5ccccc5)ccc43)nc(-n3c4ccccc4c4ccc5c6ccccc6n(-c6ccccc6)c5c43)n2)cc1. The average molecular weight is 862 g/mol. The van der Waals surface area contributed by atoms with Gasteiger partial charge in [0.2, 0.25) is 11.9 Å². The van der Waals surface area contributed by atoms with Gasteiger partial charge in [-0.25, -0.2) is 4.98 Å². The summed E-state index contributed by atoms with van der Waals surface area (Å²) in [4.78, 5) is 21.1. The second kappa shape index (κ2) is 15.2. The first-order chi connectivity index (χ1) is 32.8. The molecular formula is C58H39N7Si. The minimum absolute atomic E-state index is 0.480. The van der Waals surface area contributed by atoms with Gasteiger partial charge >= 0.3 is 0 Å². The summed E-state index contributed by atoms with van der Waals surface area (Å²) in [5.41, 5.74) is 7.98. The molecule has 0 aliphatic heterocycles. The van der Waals surface area contributed by atoms with E-state index in [9.17, 15) is 0 Å². The molecule has 4 aromatic heterocycles. The molecule has 0 N–H and O–H groups in total. The number of rotatable bonds is 8. The third-order valence-electron chi connectivity index (χ3n) is 13.1. The molecule has 0 bridgehead atoms. The predicted octanol–water partition coefficient (Wildman–Crippen LogP) is 10.4. The molecule has 0 amide bonds. The predicted molar refractivity (Wildman–Crippen MR) is 272 cm³/mol. The van der Waals surface area contributed by atoms with Crippen LogP contribution >= 0.6 is 0 Å². The number of para-hydroxylation sites is 3. The molecule has 0 aliphatic rings. The molecule has 4 heterocycles. The molecule has 8 heteroatoms. The van der Waals surface area contributed by atoms with Gasteiger partial charge in [-0.1, -0.05) is 194 Å². The van der Waals surface area contributed by atoms with Crippen LogP contribution in [-0.4, -0.2) is 41.7 Å². The van der Waals surface area contributed by atoms with Gasteiger partial charge in [-0.05, 0) is 57.1 Å². The number of hydrogen-bond donors (Lipinski definition) is 0. The zero-order valence-corrected chi connectivity index (χ0v) is 36.6. The van der Waals surface area contributed by atoms with Crippen LogP contribution in [-0.2, 0) is 0 Å². The lowest BCUT2D eigenvalue weighted by Gasteiger charge is -2.34. The molecule has 0 saturated carbocycles. The molecule has 0 aliphatic carbocycles. The smallest absolute Gasteiger partial charge is 0.240 e. The van der Waals surface area contributed by atoms with Crippen molar-refractivity contribution in [2.45, 2.75) is 0 Å². The van der Waals surface area contributed by atoms with Crippen molar-refractivity contribution >= 4 is 83.5 Å². The number of benzene rings is 9. The topological polar surface area (TPSA) is 66.3 Å². The van der Waals surface area contributed by atoms with Crippen molar-refractivity contribution in [3.8, 4) is 29.0 Å². The van der Waals surface area contributed by atoms with Crippen LogP contribution in [0.5, 0.6) is 0 Å². The largest absolute Gasteiger partial charge is 0.307 e. The molecule has 0 spiro atoms. The Morgan fingerprint density at radius 2 is 0.833 bits per heavy atom. The van der Waals surface area contributed by atoms with Crippen LogP contribution in [0.2, 0.25) is 0 Å². The van der Waals surface area contributed by atoms with Gasteiger partial charge in [-0.2, -0.15) is 15.0 Å².